The lowest BCUT2D eigenvalue weighted by molar-refractivity contribution is -0.385. The standard InChI is InChI=1S/C14H15N3O2/c1-10-5-3-6-12(16-10)9-15-13-7-4-8-14(11(13)2)17(18)19/h3-8,15H,9H2,1-2H3. The van der Waals surface area contributed by atoms with E-state index in [9.17, 15) is 10.1 Å². The van der Waals surface area contributed by atoms with E-state index in [1.165, 1.54) is 6.07 Å². The van der Waals surface area contributed by atoms with Crippen molar-refractivity contribution in [2.24, 2.45) is 0 Å². The maximum absolute atomic E-state index is 10.9. The number of rotatable bonds is 4. The zero-order valence-corrected chi connectivity index (χ0v) is 10.9. The van der Waals surface area contributed by atoms with E-state index in [0.29, 0.717) is 12.1 Å². The van der Waals surface area contributed by atoms with E-state index in [1.807, 2.05) is 31.2 Å². The first-order valence-electron chi connectivity index (χ1n) is 5.98. The highest BCUT2D eigenvalue weighted by Gasteiger charge is 2.12. The van der Waals surface area contributed by atoms with Crippen LogP contribution < -0.4 is 5.32 Å². The summed E-state index contributed by atoms with van der Waals surface area (Å²) in [7, 11) is 0. The fraction of sp³-hybridized carbons (Fsp3) is 0.214. The van der Waals surface area contributed by atoms with Crippen LogP contribution in [0.15, 0.2) is 36.4 Å². The molecule has 0 aliphatic carbocycles. The van der Waals surface area contributed by atoms with Gasteiger partial charge in [0.05, 0.1) is 17.2 Å². The van der Waals surface area contributed by atoms with E-state index in [0.717, 1.165) is 17.1 Å². The summed E-state index contributed by atoms with van der Waals surface area (Å²) in [6, 6.07) is 10.8. The van der Waals surface area contributed by atoms with Gasteiger partial charge in [-0.25, -0.2) is 0 Å². The van der Waals surface area contributed by atoms with Crippen LogP contribution in [-0.2, 0) is 6.54 Å². The molecule has 0 spiro atoms. The van der Waals surface area contributed by atoms with Gasteiger partial charge in [0.1, 0.15) is 0 Å². The number of pyridine rings is 1. The topological polar surface area (TPSA) is 68.1 Å². The van der Waals surface area contributed by atoms with Crippen LogP contribution in [0.1, 0.15) is 17.0 Å². The van der Waals surface area contributed by atoms with E-state index in [1.54, 1.807) is 13.0 Å². The minimum Gasteiger partial charge on any atom is -0.379 e. The van der Waals surface area contributed by atoms with Gasteiger partial charge in [0.25, 0.3) is 5.69 Å². The van der Waals surface area contributed by atoms with Crippen molar-refractivity contribution in [2.45, 2.75) is 20.4 Å². The van der Waals surface area contributed by atoms with Gasteiger partial charge >= 0.3 is 0 Å². The second-order valence-electron chi connectivity index (χ2n) is 4.33. The smallest absolute Gasteiger partial charge is 0.274 e. The summed E-state index contributed by atoms with van der Waals surface area (Å²) in [5, 5.41) is 14.0. The number of nitro groups is 1. The first-order chi connectivity index (χ1) is 9.08. The summed E-state index contributed by atoms with van der Waals surface area (Å²) in [5.41, 5.74) is 3.39. The highest BCUT2D eigenvalue weighted by atomic mass is 16.6. The largest absolute Gasteiger partial charge is 0.379 e. The summed E-state index contributed by atoms with van der Waals surface area (Å²) < 4.78 is 0. The number of nitrogens with one attached hydrogen (secondary N) is 1. The average molecular weight is 257 g/mol. The van der Waals surface area contributed by atoms with Gasteiger partial charge in [-0.1, -0.05) is 12.1 Å². The number of benzene rings is 1. The minimum atomic E-state index is -0.370. The Kier molecular flexibility index (Phi) is 3.75. The molecule has 1 aromatic heterocycles. The third-order valence-electron chi connectivity index (χ3n) is 2.91. The molecule has 0 bridgehead atoms. The summed E-state index contributed by atoms with van der Waals surface area (Å²) in [6.45, 7) is 4.22. The number of aryl methyl sites for hydroxylation is 1. The first kappa shape index (κ1) is 13.0. The highest BCUT2D eigenvalue weighted by Crippen LogP contribution is 2.25. The first-order valence-corrected chi connectivity index (χ1v) is 5.98. The Morgan fingerprint density at radius 3 is 2.63 bits per heavy atom. The molecule has 19 heavy (non-hydrogen) atoms. The van der Waals surface area contributed by atoms with Crippen LogP contribution in [0.25, 0.3) is 0 Å². The predicted molar refractivity (Wildman–Crippen MR) is 74.1 cm³/mol. The lowest BCUT2D eigenvalue weighted by Gasteiger charge is -2.09. The lowest BCUT2D eigenvalue weighted by atomic mass is 10.1. The Labute approximate surface area is 111 Å². The number of nitro benzene ring substituents is 1. The summed E-state index contributed by atoms with van der Waals surface area (Å²) in [6.07, 6.45) is 0. The Morgan fingerprint density at radius 2 is 1.95 bits per heavy atom. The van der Waals surface area contributed by atoms with Crippen LogP contribution in [0.4, 0.5) is 11.4 Å². The van der Waals surface area contributed by atoms with Crippen molar-refractivity contribution in [1.29, 1.82) is 0 Å². The molecule has 0 radical (unpaired) electrons. The third kappa shape index (κ3) is 3.07. The SMILES string of the molecule is Cc1cccc(CNc2cccc([N+](=O)[O-])c2C)n1. The Balaban J connectivity index is 2.16. The fourth-order valence-corrected chi connectivity index (χ4v) is 1.90. The molecule has 1 aromatic carbocycles. The van der Waals surface area contributed by atoms with Crippen LogP contribution in [0.5, 0.6) is 0 Å². The molecule has 98 valence electrons. The van der Waals surface area contributed by atoms with Crippen molar-refractivity contribution in [3.05, 3.63) is 63.5 Å². The van der Waals surface area contributed by atoms with Gasteiger partial charge in [-0.05, 0) is 32.0 Å². The molecule has 0 atom stereocenters. The molecule has 1 N–H and O–H groups in total. The number of aromatic nitrogens is 1. The van der Waals surface area contributed by atoms with Crippen molar-refractivity contribution >= 4 is 11.4 Å². The molecule has 5 heteroatoms. The quantitative estimate of drug-likeness (QED) is 0.674. The van der Waals surface area contributed by atoms with Crippen molar-refractivity contribution < 1.29 is 4.92 Å². The van der Waals surface area contributed by atoms with Gasteiger partial charge in [-0.3, -0.25) is 15.1 Å². The Hall–Kier alpha value is -2.43. The molecule has 0 aliphatic rings. The Bertz CT molecular complexity index is 611. The van der Waals surface area contributed by atoms with Crippen LogP contribution in [0.2, 0.25) is 0 Å². The van der Waals surface area contributed by atoms with E-state index in [2.05, 4.69) is 10.3 Å². The molecule has 0 fully saturated rings. The molecule has 0 unspecified atom stereocenters. The highest BCUT2D eigenvalue weighted by molar-refractivity contribution is 5.59. The third-order valence-corrected chi connectivity index (χ3v) is 2.91. The predicted octanol–water partition coefficient (Wildman–Crippen LogP) is 3.22. The summed E-state index contributed by atoms with van der Waals surface area (Å²) >= 11 is 0. The van der Waals surface area contributed by atoms with Crippen LogP contribution in [-0.4, -0.2) is 9.91 Å². The number of hydrogen-bond acceptors (Lipinski definition) is 4. The molecule has 2 aromatic rings. The van der Waals surface area contributed by atoms with E-state index in [4.69, 9.17) is 0 Å². The molecule has 5 nitrogen and oxygen atoms in total. The molecule has 2 rings (SSSR count). The average Bonchev–Trinajstić information content (AvgIpc) is 2.37. The van der Waals surface area contributed by atoms with Crippen molar-refractivity contribution in [3.8, 4) is 0 Å². The van der Waals surface area contributed by atoms with Crippen molar-refractivity contribution in [1.82, 2.24) is 4.98 Å². The number of nitrogens with zero attached hydrogens (tertiary/aromatic N) is 2. The van der Waals surface area contributed by atoms with Crippen LogP contribution in [0.3, 0.4) is 0 Å². The molecule has 0 amide bonds. The van der Waals surface area contributed by atoms with Gasteiger partial charge in [0.2, 0.25) is 0 Å². The molecule has 0 saturated carbocycles. The minimum absolute atomic E-state index is 0.127. The maximum Gasteiger partial charge on any atom is 0.274 e. The van der Waals surface area contributed by atoms with Gasteiger partial charge in [0, 0.05) is 23.0 Å². The second kappa shape index (κ2) is 5.48. The van der Waals surface area contributed by atoms with Gasteiger partial charge in [-0.2, -0.15) is 0 Å². The zero-order chi connectivity index (χ0) is 13.8. The van der Waals surface area contributed by atoms with Gasteiger partial charge in [0.15, 0.2) is 0 Å². The number of hydrogen-bond donors (Lipinski definition) is 1. The summed E-state index contributed by atoms with van der Waals surface area (Å²) in [4.78, 5) is 14.9. The monoisotopic (exact) mass is 257 g/mol. The molecular weight excluding hydrogens is 242 g/mol. The summed E-state index contributed by atoms with van der Waals surface area (Å²) in [5.74, 6) is 0. The fourth-order valence-electron chi connectivity index (χ4n) is 1.90. The molecule has 0 aliphatic heterocycles. The van der Waals surface area contributed by atoms with E-state index >= 15 is 0 Å². The van der Waals surface area contributed by atoms with E-state index in [-0.39, 0.29) is 10.6 Å². The molecule has 1 heterocycles. The van der Waals surface area contributed by atoms with Crippen molar-refractivity contribution in [2.75, 3.05) is 5.32 Å². The van der Waals surface area contributed by atoms with Crippen molar-refractivity contribution in [3.63, 3.8) is 0 Å². The number of anilines is 1. The van der Waals surface area contributed by atoms with E-state index < -0.39 is 0 Å². The van der Waals surface area contributed by atoms with Gasteiger partial charge in [-0.15, -0.1) is 0 Å². The molecular formula is C14H15N3O2. The maximum atomic E-state index is 10.9. The van der Waals surface area contributed by atoms with Crippen LogP contribution >= 0.6 is 0 Å². The second-order valence-corrected chi connectivity index (χ2v) is 4.33. The Morgan fingerprint density at radius 1 is 1.21 bits per heavy atom. The normalized spacial score (nSPS) is 10.2. The lowest BCUT2D eigenvalue weighted by Crippen LogP contribution is -2.04. The molecule has 0 saturated heterocycles. The van der Waals surface area contributed by atoms with Crippen LogP contribution in [0, 0.1) is 24.0 Å². The zero-order valence-electron chi connectivity index (χ0n) is 10.9. The van der Waals surface area contributed by atoms with Gasteiger partial charge < -0.3 is 5.32 Å².